The highest BCUT2D eigenvalue weighted by molar-refractivity contribution is 7.18. The zero-order chi connectivity index (χ0) is 23.7. The molecule has 0 radical (unpaired) electrons. The van der Waals surface area contributed by atoms with Crippen LogP contribution in [0.4, 0.5) is 22.0 Å². The zero-order valence-corrected chi connectivity index (χ0v) is 19.2. The molecular weight excluding hydrogens is 444 g/mol. The van der Waals surface area contributed by atoms with Gasteiger partial charge in [-0.3, -0.25) is 0 Å². The number of hydrogen-bond acceptors (Lipinski definition) is 5. The highest BCUT2D eigenvalue weighted by Crippen LogP contribution is 2.42. The normalized spacial score (nSPS) is 10.9. The zero-order valence-electron chi connectivity index (χ0n) is 18.4. The number of rotatable bonds is 4. The first kappa shape index (κ1) is 21.5. The summed E-state index contributed by atoms with van der Waals surface area (Å²) in [5.74, 6) is 0.656. The van der Waals surface area contributed by atoms with Crippen molar-refractivity contribution < 1.29 is 9.90 Å². The summed E-state index contributed by atoms with van der Waals surface area (Å²) >= 11 is 1.59. The number of amides is 2. The molecule has 0 fully saturated rings. The van der Waals surface area contributed by atoms with Crippen LogP contribution in [0.5, 0.6) is 5.75 Å². The summed E-state index contributed by atoms with van der Waals surface area (Å²) in [4.78, 5) is 16.8. The molecule has 3 aromatic carbocycles. The van der Waals surface area contributed by atoms with Crippen LogP contribution in [-0.4, -0.2) is 16.1 Å². The molecular formula is C27H22N4O2S. The number of aromatic nitrogens is 1. The summed E-state index contributed by atoms with van der Waals surface area (Å²) in [5.41, 5.74) is 12.5. The average Bonchev–Trinajstić information content (AvgIpc) is 3.26. The van der Waals surface area contributed by atoms with Crippen molar-refractivity contribution in [2.45, 2.75) is 6.92 Å². The molecule has 6 nitrogen and oxygen atoms in total. The number of nitrogens with two attached hydrogens (primary N) is 1. The first-order valence-electron chi connectivity index (χ1n) is 10.7. The molecule has 0 unspecified atom stereocenters. The number of phenols is 1. The third-order valence-electron chi connectivity index (χ3n) is 5.51. The van der Waals surface area contributed by atoms with E-state index in [4.69, 9.17) is 5.73 Å². The Morgan fingerprint density at radius 3 is 2.44 bits per heavy atom. The number of carbonyl (C=O) groups is 1. The van der Waals surface area contributed by atoms with Gasteiger partial charge in [-0.2, -0.15) is 0 Å². The van der Waals surface area contributed by atoms with Crippen LogP contribution in [-0.2, 0) is 0 Å². The van der Waals surface area contributed by atoms with E-state index < -0.39 is 0 Å². The molecule has 34 heavy (non-hydrogen) atoms. The number of benzene rings is 3. The van der Waals surface area contributed by atoms with Crippen LogP contribution < -0.4 is 16.4 Å². The van der Waals surface area contributed by atoms with Crippen LogP contribution in [0.1, 0.15) is 5.56 Å². The van der Waals surface area contributed by atoms with Crippen molar-refractivity contribution in [2.75, 3.05) is 16.4 Å². The number of urea groups is 1. The molecule has 7 heteroatoms. The first-order valence-corrected chi connectivity index (χ1v) is 11.6. The highest BCUT2D eigenvalue weighted by Gasteiger charge is 2.15. The van der Waals surface area contributed by atoms with Gasteiger partial charge in [0.15, 0.2) is 0 Å². The first-order chi connectivity index (χ1) is 16.5. The molecule has 0 aliphatic rings. The number of nitrogens with one attached hydrogen (secondary N) is 2. The van der Waals surface area contributed by atoms with E-state index in [-0.39, 0.29) is 11.8 Å². The minimum atomic E-state index is -0.302. The van der Waals surface area contributed by atoms with E-state index in [1.165, 1.54) is 0 Å². The summed E-state index contributed by atoms with van der Waals surface area (Å²) in [5, 5.41) is 18.5. The Morgan fingerprint density at radius 2 is 1.68 bits per heavy atom. The molecule has 5 rings (SSSR count). The summed E-state index contributed by atoms with van der Waals surface area (Å²) in [6.07, 6.45) is 1.74. The Bertz CT molecular complexity index is 1510. The van der Waals surface area contributed by atoms with Gasteiger partial charge >= 0.3 is 6.03 Å². The molecule has 5 aromatic rings. The highest BCUT2D eigenvalue weighted by atomic mass is 32.1. The minimum Gasteiger partial charge on any atom is -0.508 e. The number of carbonyl (C=O) groups excluding carboxylic acids is 1. The quantitative estimate of drug-likeness (QED) is 0.232. The fourth-order valence-electron chi connectivity index (χ4n) is 3.91. The van der Waals surface area contributed by atoms with Gasteiger partial charge in [-0.25, -0.2) is 9.78 Å². The Labute approximate surface area is 200 Å². The standard InChI is InChI=1S/C27H22N4O2S/c1-16-4-2-6-20(12-16)31-27(33)30-19-10-8-17(9-11-19)23-15-34-25-22(14-29-26(28)24(23)25)18-5-3-7-21(32)13-18/h2-15,32H,1H3,(H2,28,29)(H2,30,31,33). The Hall–Kier alpha value is -4.36. The average molecular weight is 467 g/mol. The molecule has 168 valence electrons. The van der Waals surface area contributed by atoms with Crippen LogP contribution in [0, 0.1) is 6.92 Å². The lowest BCUT2D eigenvalue weighted by Crippen LogP contribution is -2.19. The number of fused-ring (bicyclic) bond motifs is 1. The molecule has 0 spiro atoms. The van der Waals surface area contributed by atoms with Crippen molar-refractivity contribution in [2.24, 2.45) is 0 Å². The lowest BCUT2D eigenvalue weighted by atomic mass is 10.0. The SMILES string of the molecule is Cc1cccc(NC(=O)Nc2ccc(-c3csc4c(-c5cccc(O)c5)cnc(N)c34)cc2)c1. The van der Waals surface area contributed by atoms with Crippen molar-refractivity contribution in [1.82, 2.24) is 4.98 Å². The van der Waals surface area contributed by atoms with Gasteiger partial charge < -0.3 is 21.5 Å². The van der Waals surface area contributed by atoms with E-state index in [1.54, 1.807) is 29.7 Å². The number of aromatic hydroxyl groups is 1. The van der Waals surface area contributed by atoms with E-state index >= 15 is 0 Å². The third kappa shape index (κ3) is 4.29. The fraction of sp³-hybridized carbons (Fsp3) is 0.0370. The van der Waals surface area contributed by atoms with Crippen molar-refractivity contribution in [3.05, 3.63) is 89.9 Å². The maximum absolute atomic E-state index is 12.4. The smallest absolute Gasteiger partial charge is 0.323 e. The molecule has 0 aliphatic carbocycles. The molecule has 0 saturated carbocycles. The molecule has 2 amide bonds. The predicted molar refractivity (Wildman–Crippen MR) is 140 cm³/mol. The van der Waals surface area contributed by atoms with Crippen molar-refractivity contribution in [3.8, 4) is 28.0 Å². The number of nitrogens with zero attached hydrogens (tertiary/aromatic N) is 1. The van der Waals surface area contributed by atoms with Crippen LogP contribution in [0.3, 0.4) is 0 Å². The Balaban J connectivity index is 1.41. The lowest BCUT2D eigenvalue weighted by molar-refractivity contribution is 0.262. The van der Waals surface area contributed by atoms with Gasteiger partial charge in [0.25, 0.3) is 0 Å². The summed E-state index contributed by atoms with van der Waals surface area (Å²) < 4.78 is 1.01. The van der Waals surface area contributed by atoms with E-state index in [0.29, 0.717) is 11.5 Å². The number of pyridine rings is 1. The lowest BCUT2D eigenvalue weighted by Gasteiger charge is -2.10. The summed E-state index contributed by atoms with van der Waals surface area (Å²) in [7, 11) is 0. The maximum Gasteiger partial charge on any atom is 0.323 e. The van der Waals surface area contributed by atoms with Crippen LogP contribution >= 0.6 is 11.3 Å². The third-order valence-corrected chi connectivity index (χ3v) is 6.52. The molecule has 5 N–H and O–H groups in total. The van der Waals surface area contributed by atoms with Crippen molar-refractivity contribution in [1.29, 1.82) is 0 Å². The van der Waals surface area contributed by atoms with E-state index in [2.05, 4.69) is 21.0 Å². The van der Waals surface area contributed by atoms with Gasteiger partial charge in [0, 0.05) is 38.8 Å². The number of hydrogen-bond donors (Lipinski definition) is 4. The van der Waals surface area contributed by atoms with Crippen LogP contribution in [0.2, 0.25) is 0 Å². The second-order valence-corrected chi connectivity index (χ2v) is 8.87. The number of thiophene rings is 1. The van der Waals surface area contributed by atoms with Gasteiger partial charge in [-0.15, -0.1) is 11.3 Å². The second-order valence-electron chi connectivity index (χ2n) is 7.99. The molecule has 0 aliphatic heterocycles. The summed E-state index contributed by atoms with van der Waals surface area (Å²) in [6, 6.07) is 22.1. The largest absolute Gasteiger partial charge is 0.508 e. The Morgan fingerprint density at radius 1 is 0.912 bits per heavy atom. The molecule has 0 atom stereocenters. The number of aryl methyl sites for hydroxylation is 1. The van der Waals surface area contributed by atoms with Gasteiger partial charge in [0.2, 0.25) is 0 Å². The van der Waals surface area contributed by atoms with E-state index in [1.807, 2.05) is 67.6 Å². The van der Waals surface area contributed by atoms with Gasteiger partial charge in [-0.1, -0.05) is 36.4 Å². The van der Waals surface area contributed by atoms with Gasteiger partial charge in [0.1, 0.15) is 11.6 Å². The van der Waals surface area contributed by atoms with Crippen molar-refractivity contribution in [3.63, 3.8) is 0 Å². The van der Waals surface area contributed by atoms with Crippen LogP contribution in [0.15, 0.2) is 84.4 Å². The van der Waals surface area contributed by atoms with Crippen LogP contribution in [0.25, 0.3) is 32.3 Å². The number of nitrogen functional groups attached to an aromatic ring is 1. The van der Waals surface area contributed by atoms with Gasteiger partial charge in [0.05, 0.1) is 0 Å². The molecule has 2 heterocycles. The molecule has 0 saturated heterocycles. The monoisotopic (exact) mass is 466 g/mol. The second kappa shape index (κ2) is 8.88. The summed E-state index contributed by atoms with van der Waals surface area (Å²) in [6.45, 7) is 1.98. The fourth-order valence-corrected chi connectivity index (χ4v) is 5.03. The number of anilines is 3. The molecule has 0 bridgehead atoms. The maximum atomic E-state index is 12.4. The van der Waals surface area contributed by atoms with E-state index in [9.17, 15) is 9.90 Å². The molecule has 2 aromatic heterocycles. The van der Waals surface area contributed by atoms with Crippen molar-refractivity contribution >= 4 is 44.6 Å². The van der Waals surface area contributed by atoms with E-state index in [0.717, 1.165) is 43.6 Å². The minimum absolute atomic E-state index is 0.203. The predicted octanol–water partition coefficient (Wildman–Crippen LogP) is 6.87. The number of phenolic OH excluding ortho intramolecular Hbond substituents is 1. The van der Waals surface area contributed by atoms with Gasteiger partial charge in [-0.05, 0) is 65.4 Å². The Kier molecular flexibility index (Phi) is 5.61. The topological polar surface area (TPSA) is 100 Å².